The van der Waals surface area contributed by atoms with Gasteiger partial charge in [0.25, 0.3) is 0 Å². The molecule has 0 fully saturated rings. The van der Waals surface area contributed by atoms with Gasteiger partial charge in [0.05, 0.1) is 12.6 Å². The molecule has 1 aliphatic rings. The summed E-state index contributed by atoms with van der Waals surface area (Å²) in [6.45, 7) is 3.53. The number of nitrogens with one attached hydrogen (secondary N) is 2. The van der Waals surface area contributed by atoms with Crippen LogP contribution in [0.4, 0.5) is 0 Å². The minimum absolute atomic E-state index is 0. The summed E-state index contributed by atoms with van der Waals surface area (Å²) in [6.07, 6.45) is 4.87. The molecule has 0 saturated carbocycles. The van der Waals surface area contributed by atoms with E-state index in [4.69, 9.17) is 10.5 Å². The van der Waals surface area contributed by atoms with Crippen molar-refractivity contribution in [2.24, 2.45) is 10.7 Å². The molecule has 28 heavy (non-hydrogen) atoms. The molecule has 1 aliphatic heterocycles. The van der Waals surface area contributed by atoms with E-state index in [0.717, 1.165) is 30.6 Å². The lowest BCUT2D eigenvalue weighted by Crippen LogP contribution is -2.37. The molecule has 4 N–H and O–H groups in total. The number of aromatic nitrogens is 1. The van der Waals surface area contributed by atoms with Crippen molar-refractivity contribution < 1.29 is 4.74 Å². The van der Waals surface area contributed by atoms with Gasteiger partial charge >= 0.3 is 0 Å². The summed E-state index contributed by atoms with van der Waals surface area (Å²) >= 11 is 0. The third-order valence-corrected chi connectivity index (χ3v) is 5.21. The van der Waals surface area contributed by atoms with Crippen LogP contribution in [-0.4, -0.2) is 24.1 Å². The second kappa shape index (κ2) is 9.32. The molecular formula is C22H27IN4O. The van der Waals surface area contributed by atoms with E-state index in [1.807, 2.05) is 18.2 Å². The molecule has 0 amide bonds. The number of rotatable bonds is 5. The van der Waals surface area contributed by atoms with E-state index >= 15 is 0 Å². The van der Waals surface area contributed by atoms with Crippen LogP contribution >= 0.6 is 24.0 Å². The van der Waals surface area contributed by atoms with Crippen LogP contribution in [0, 0.1) is 0 Å². The van der Waals surface area contributed by atoms with Crippen LogP contribution in [0.5, 0.6) is 5.75 Å². The van der Waals surface area contributed by atoms with Crippen molar-refractivity contribution in [3.63, 3.8) is 0 Å². The van der Waals surface area contributed by atoms with E-state index in [0.29, 0.717) is 19.1 Å². The van der Waals surface area contributed by atoms with Gasteiger partial charge in [-0.15, -0.1) is 24.0 Å². The first-order valence-corrected chi connectivity index (χ1v) is 9.62. The van der Waals surface area contributed by atoms with Crippen molar-refractivity contribution in [2.75, 3.05) is 13.2 Å². The molecule has 6 heteroatoms. The molecular weight excluding hydrogens is 463 g/mol. The highest BCUT2D eigenvalue weighted by molar-refractivity contribution is 14.0. The van der Waals surface area contributed by atoms with Gasteiger partial charge in [-0.05, 0) is 30.0 Å². The van der Waals surface area contributed by atoms with Gasteiger partial charge in [-0.3, -0.25) is 4.99 Å². The third kappa shape index (κ3) is 4.27. The molecule has 0 bridgehead atoms. The van der Waals surface area contributed by atoms with Crippen molar-refractivity contribution in [1.29, 1.82) is 0 Å². The Balaban J connectivity index is 0.00000225. The van der Waals surface area contributed by atoms with E-state index in [9.17, 15) is 0 Å². The molecule has 0 aliphatic carbocycles. The van der Waals surface area contributed by atoms with E-state index in [2.05, 4.69) is 52.7 Å². The fourth-order valence-corrected chi connectivity index (χ4v) is 3.79. The van der Waals surface area contributed by atoms with Gasteiger partial charge in [-0.1, -0.05) is 43.3 Å². The highest BCUT2D eigenvalue weighted by atomic mass is 127. The topological polar surface area (TPSA) is 75.4 Å². The number of hydrogen-bond donors (Lipinski definition) is 3. The molecule has 0 saturated heterocycles. The lowest BCUT2D eigenvalue weighted by molar-refractivity contribution is 0.262. The van der Waals surface area contributed by atoms with E-state index in [1.165, 1.54) is 22.0 Å². The third-order valence-electron chi connectivity index (χ3n) is 5.21. The van der Waals surface area contributed by atoms with Crippen molar-refractivity contribution >= 4 is 40.8 Å². The predicted octanol–water partition coefficient (Wildman–Crippen LogP) is 4.32. The fraction of sp³-hybridized carbons (Fsp3) is 0.318. The second-order valence-corrected chi connectivity index (χ2v) is 6.90. The zero-order valence-electron chi connectivity index (χ0n) is 16.1. The number of para-hydroxylation sites is 2. The maximum Gasteiger partial charge on any atom is 0.189 e. The predicted molar refractivity (Wildman–Crippen MR) is 126 cm³/mol. The van der Waals surface area contributed by atoms with Crippen molar-refractivity contribution in [3.8, 4) is 5.75 Å². The molecule has 1 aromatic heterocycles. The quantitative estimate of drug-likeness (QED) is 0.283. The van der Waals surface area contributed by atoms with Gasteiger partial charge in [0, 0.05) is 35.6 Å². The molecule has 148 valence electrons. The lowest BCUT2D eigenvalue weighted by atomic mass is 10.0. The second-order valence-electron chi connectivity index (χ2n) is 6.90. The normalized spacial score (nSPS) is 16.2. The first-order valence-electron chi connectivity index (χ1n) is 9.62. The minimum Gasteiger partial charge on any atom is -0.493 e. The molecule has 4 rings (SSSR count). The molecule has 3 aromatic rings. The summed E-state index contributed by atoms with van der Waals surface area (Å²) in [6, 6.07) is 14.7. The number of aliphatic imine (C=N–C) groups is 1. The Morgan fingerprint density at radius 2 is 2.07 bits per heavy atom. The summed E-state index contributed by atoms with van der Waals surface area (Å²) in [5.74, 6) is 1.42. The van der Waals surface area contributed by atoms with Gasteiger partial charge < -0.3 is 20.8 Å². The molecule has 5 nitrogen and oxygen atoms in total. The van der Waals surface area contributed by atoms with E-state index in [1.54, 1.807) is 0 Å². The molecule has 2 heterocycles. The van der Waals surface area contributed by atoms with Crippen molar-refractivity contribution in [3.05, 3.63) is 65.4 Å². The van der Waals surface area contributed by atoms with Crippen LogP contribution in [0.15, 0.2) is 53.7 Å². The Morgan fingerprint density at radius 3 is 2.93 bits per heavy atom. The lowest BCUT2D eigenvalue weighted by Gasteiger charge is -2.26. The maximum absolute atomic E-state index is 6.15. The summed E-state index contributed by atoms with van der Waals surface area (Å²) < 4.78 is 5.70. The largest absolute Gasteiger partial charge is 0.493 e. The summed E-state index contributed by atoms with van der Waals surface area (Å²) in [7, 11) is 0. The molecule has 2 aromatic carbocycles. The van der Waals surface area contributed by atoms with E-state index in [-0.39, 0.29) is 30.0 Å². The standard InChI is InChI=1S/C22H26N4O.HI/c1-2-15-6-5-8-17-16(14-25-21(15)17)10-12-24-22(23)26-19-11-13-27-20-9-4-3-7-18(19)20;/h3-9,14,19,25H,2,10-13H2,1H3,(H3,23,24,26);1H. The van der Waals surface area contributed by atoms with Gasteiger partial charge in [0.1, 0.15) is 5.75 Å². The Labute approximate surface area is 182 Å². The van der Waals surface area contributed by atoms with E-state index < -0.39 is 0 Å². The number of nitrogens with two attached hydrogens (primary N) is 1. The van der Waals surface area contributed by atoms with Crippen molar-refractivity contribution in [1.82, 2.24) is 10.3 Å². The minimum atomic E-state index is 0. The van der Waals surface area contributed by atoms with Gasteiger partial charge in [0.2, 0.25) is 0 Å². The smallest absolute Gasteiger partial charge is 0.189 e. The number of hydrogen-bond acceptors (Lipinski definition) is 2. The summed E-state index contributed by atoms with van der Waals surface area (Å²) in [5.41, 5.74) is 11.2. The number of halogens is 1. The van der Waals surface area contributed by atoms with Gasteiger partial charge in [-0.25, -0.2) is 0 Å². The number of nitrogens with zero attached hydrogens (tertiary/aromatic N) is 1. The molecule has 0 spiro atoms. The Bertz CT molecular complexity index is 966. The number of benzene rings is 2. The Kier molecular flexibility index (Phi) is 6.83. The summed E-state index contributed by atoms with van der Waals surface area (Å²) in [5, 5.41) is 4.64. The first-order chi connectivity index (χ1) is 13.3. The highest BCUT2D eigenvalue weighted by Crippen LogP contribution is 2.31. The van der Waals surface area contributed by atoms with Gasteiger partial charge in [-0.2, -0.15) is 0 Å². The van der Waals surface area contributed by atoms with Crippen LogP contribution in [0.2, 0.25) is 0 Å². The van der Waals surface area contributed by atoms with Crippen LogP contribution in [0.3, 0.4) is 0 Å². The molecule has 0 radical (unpaired) electrons. The number of ether oxygens (including phenoxy) is 1. The maximum atomic E-state index is 6.15. The van der Waals surface area contributed by atoms with Crippen LogP contribution < -0.4 is 15.8 Å². The molecule has 1 unspecified atom stereocenters. The Morgan fingerprint density at radius 1 is 1.21 bits per heavy atom. The number of aryl methyl sites for hydroxylation is 1. The van der Waals surface area contributed by atoms with Crippen molar-refractivity contribution in [2.45, 2.75) is 32.2 Å². The zero-order valence-corrected chi connectivity index (χ0v) is 18.4. The number of fused-ring (bicyclic) bond motifs is 2. The number of guanidine groups is 1. The highest BCUT2D eigenvalue weighted by Gasteiger charge is 2.21. The van der Waals surface area contributed by atoms with Crippen LogP contribution in [0.25, 0.3) is 10.9 Å². The molecule has 1 atom stereocenters. The average Bonchev–Trinajstić information content (AvgIpc) is 3.11. The summed E-state index contributed by atoms with van der Waals surface area (Å²) in [4.78, 5) is 7.96. The average molecular weight is 490 g/mol. The fourth-order valence-electron chi connectivity index (χ4n) is 3.79. The van der Waals surface area contributed by atoms with Crippen LogP contribution in [0.1, 0.15) is 36.1 Å². The SMILES string of the molecule is CCc1cccc2c(CCN=C(N)NC3CCOc4ccccc43)c[nH]c12.I. The van der Waals surface area contributed by atoms with Gasteiger partial charge in [0.15, 0.2) is 5.96 Å². The van der Waals surface area contributed by atoms with Crippen LogP contribution in [-0.2, 0) is 12.8 Å². The number of aromatic amines is 1. The first kappa shape index (κ1) is 20.5. The number of H-pyrrole nitrogens is 1. The zero-order chi connectivity index (χ0) is 18.6. The monoisotopic (exact) mass is 490 g/mol. The Hall–Kier alpha value is -2.22.